The number of nitrogens with two attached hydrogens (primary N) is 1. The number of nitrogen functional groups attached to an aromatic ring is 1. The Hall–Kier alpha value is -1.82. The predicted molar refractivity (Wildman–Crippen MR) is 67.0 cm³/mol. The van der Waals surface area contributed by atoms with Gasteiger partial charge < -0.3 is 15.8 Å². The standard InChI is InChI=1S/C11H17N3O3/c1-8(7-17-2)6-13-11-4-3-9(14(15)16)5-10(11)12/h3-5,8,13H,6-7,12H2,1-2H3. The lowest BCUT2D eigenvalue weighted by Crippen LogP contribution is -2.16. The SMILES string of the molecule is COCC(C)CNc1ccc([N+](=O)[O-])cc1N. The van der Waals surface area contributed by atoms with Gasteiger partial charge in [0.05, 0.1) is 22.9 Å². The molecule has 0 bridgehead atoms. The molecular weight excluding hydrogens is 222 g/mol. The van der Waals surface area contributed by atoms with Gasteiger partial charge in [-0.05, 0) is 12.0 Å². The van der Waals surface area contributed by atoms with Crippen molar-refractivity contribution in [3.8, 4) is 0 Å². The van der Waals surface area contributed by atoms with Crippen LogP contribution < -0.4 is 11.1 Å². The van der Waals surface area contributed by atoms with Crippen LogP contribution >= 0.6 is 0 Å². The summed E-state index contributed by atoms with van der Waals surface area (Å²) in [5, 5.41) is 13.7. The van der Waals surface area contributed by atoms with Crippen molar-refractivity contribution in [2.45, 2.75) is 6.92 Å². The van der Waals surface area contributed by atoms with Gasteiger partial charge in [0.1, 0.15) is 0 Å². The summed E-state index contributed by atoms with van der Waals surface area (Å²) in [6, 6.07) is 4.40. The van der Waals surface area contributed by atoms with Crippen molar-refractivity contribution >= 4 is 17.1 Å². The minimum Gasteiger partial charge on any atom is -0.397 e. The molecule has 1 aromatic carbocycles. The van der Waals surface area contributed by atoms with Crippen molar-refractivity contribution < 1.29 is 9.66 Å². The Morgan fingerprint density at radius 1 is 1.59 bits per heavy atom. The van der Waals surface area contributed by atoms with Gasteiger partial charge in [-0.1, -0.05) is 6.92 Å². The number of hydrogen-bond acceptors (Lipinski definition) is 5. The van der Waals surface area contributed by atoms with Crippen LogP contribution in [0.5, 0.6) is 0 Å². The molecule has 6 nitrogen and oxygen atoms in total. The molecule has 0 saturated carbocycles. The van der Waals surface area contributed by atoms with Crippen molar-refractivity contribution in [2.75, 3.05) is 31.3 Å². The minimum absolute atomic E-state index is 0.00186. The van der Waals surface area contributed by atoms with Crippen molar-refractivity contribution in [3.05, 3.63) is 28.3 Å². The summed E-state index contributed by atoms with van der Waals surface area (Å²) in [7, 11) is 1.65. The highest BCUT2D eigenvalue weighted by Crippen LogP contribution is 2.24. The molecule has 0 heterocycles. The molecule has 1 aromatic rings. The fraction of sp³-hybridized carbons (Fsp3) is 0.455. The first-order valence-electron chi connectivity index (χ1n) is 5.31. The number of rotatable bonds is 6. The molecule has 1 atom stereocenters. The molecule has 0 aliphatic rings. The highest BCUT2D eigenvalue weighted by molar-refractivity contribution is 5.69. The Labute approximate surface area is 99.9 Å². The van der Waals surface area contributed by atoms with E-state index in [0.717, 1.165) is 0 Å². The zero-order valence-corrected chi connectivity index (χ0v) is 9.97. The number of ether oxygens (including phenoxy) is 1. The quantitative estimate of drug-likeness (QED) is 0.449. The van der Waals surface area contributed by atoms with Gasteiger partial charge in [0, 0.05) is 25.8 Å². The van der Waals surface area contributed by atoms with Gasteiger partial charge in [-0.2, -0.15) is 0 Å². The molecule has 3 N–H and O–H groups in total. The third-order valence-electron chi connectivity index (χ3n) is 2.34. The molecule has 94 valence electrons. The first-order valence-corrected chi connectivity index (χ1v) is 5.31. The maximum Gasteiger partial charge on any atom is 0.271 e. The topological polar surface area (TPSA) is 90.4 Å². The van der Waals surface area contributed by atoms with Crippen LogP contribution in [0.3, 0.4) is 0 Å². The maximum atomic E-state index is 10.5. The van der Waals surface area contributed by atoms with Crippen LogP contribution in [-0.4, -0.2) is 25.2 Å². The second-order valence-corrected chi connectivity index (χ2v) is 3.97. The fourth-order valence-electron chi connectivity index (χ4n) is 1.45. The lowest BCUT2D eigenvalue weighted by molar-refractivity contribution is -0.384. The molecule has 0 spiro atoms. The summed E-state index contributed by atoms with van der Waals surface area (Å²) in [6.45, 7) is 3.40. The van der Waals surface area contributed by atoms with E-state index in [9.17, 15) is 10.1 Å². The third kappa shape index (κ3) is 3.92. The van der Waals surface area contributed by atoms with Crippen molar-refractivity contribution in [3.63, 3.8) is 0 Å². The second-order valence-electron chi connectivity index (χ2n) is 3.97. The summed E-state index contributed by atoms with van der Waals surface area (Å²) >= 11 is 0. The highest BCUT2D eigenvalue weighted by atomic mass is 16.6. The lowest BCUT2D eigenvalue weighted by atomic mass is 10.2. The molecular formula is C11H17N3O3. The van der Waals surface area contributed by atoms with Crippen molar-refractivity contribution in [1.29, 1.82) is 0 Å². The molecule has 0 saturated heterocycles. The smallest absolute Gasteiger partial charge is 0.271 e. The number of nitrogens with zero attached hydrogens (tertiary/aromatic N) is 1. The maximum absolute atomic E-state index is 10.5. The van der Waals surface area contributed by atoms with Crippen LogP contribution in [0, 0.1) is 16.0 Å². The molecule has 6 heteroatoms. The van der Waals surface area contributed by atoms with E-state index in [4.69, 9.17) is 10.5 Å². The van der Waals surface area contributed by atoms with Crippen LogP contribution in [0.25, 0.3) is 0 Å². The molecule has 0 amide bonds. The van der Waals surface area contributed by atoms with Crippen LogP contribution in [0.2, 0.25) is 0 Å². The zero-order chi connectivity index (χ0) is 12.8. The van der Waals surface area contributed by atoms with Gasteiger partial charge in [0.2, 0.25) is 0 Å². The van der Waals surface area contributed by atoms with E-state index < -0.39 is 4.92 Å². The number of benzene rings is 1. The van der Waals surface area contributed by atoms with Gasteiger partial charge >= 0.3 is 0 Å². The Balaban J connectivity index is 2.63. The predicted octanol–water partition coefficient (Wildman–Crippen LogP) is 1.87. The molecule has 0 aliphatic heterocycles. The number of methoxy groups -OCH3 is 1. The monoisotopic (exact) mass is 239 g/mol. The van der Waals surface area contributed by atoms with E-state index in [-0.39, 0.29) is 5.69 Å². The summed E-state index contributed by atoms with van der Waals surface area (Å²) in [5.74, 6) is 0.342. The average Bonchev–Trinajstić information content (AvgIpc) is 2.27. The van der Waals surface area contributed by atoms with Crippen molar-refractivity contribution in [1.82, 2.24) is 0 Å². The van der Waals surface area contributed by atoms with Crippen molar-refractivity contribution in [2.24, 2.45) is 5.92 Å². The molecule has 0 radical (unpaired) electrons. The lowest BCUT2D eigenvalue weighted by Gasteiger charge is -2.13. The van der Waals surface area contributed by atoms with Crippen LogP contribution in [0.4, 0.5) is 17.1 Å². The number of hydrogen-bond donors (Lipinski definition) is 2. The van der Waals surface area contributed by atoms with E-state index in [0.29, 0.717) is 30.4 Å². The Kier molecular flexibility index (Phi) is 4.71. The van der Waals surface area contributed by atoms with Crippen LogP contribution in [-0.2, 0) is 4.74 Å². The summed E-state index contributed by atoms with van der Waals surface area (Å²) < 4.78 is 5.01. The van der Waals surface area contributed by atoms with Crippen LogP contribution in [0.15, 0.2) is 18.2 Å². The largest absolute Gasteiger partial charge is 0.397 e. The van der Waals surface area contributed by atoms with E-state index in [1.54, 1.807) is 13.2 Å². The molecule has 17 heavy (non-hydrogen) atoms. The van der Waals surface area contributed by atoms with Gasteiger partial charge in [-0.3, -0.25) is 10.1 Å². The second kappa shape index (κ2) is 6.05. The van der Waals surface area contributed by atoms with Gasteiger partial charge in [-0.25, -0.2) is 0 Å². The Morgan fingerprint density at radius 2 is 2.29 bits per heavy atom. The van der Waals surface area contributed by atoms with Gasteiger partial charge in [-0.15, -0.1) is 0 Å². The molecule has 1 unspecified atom stereocenters. The van der Waals surface area contributed by atoms with Gasteiger partial charge in [0.15, 0.2) is 0 Å². The highest BCUT2D eigenvalue weighted by Gasteiger charge is 2.09. The Bertz CT molecular complexity index is 396. The zero-order valence-electron chi connectivity index (χ0n) is 9.97. The third-order valence-corrected chi connectivity index (χ3v) is 2.34. The summed E-state index contributed by atoms with van der Waals surface area (Å²) in [5.41, 5.74) is 6.80. The fourth-order valence-corrected chi connectivity index (χ4v) is 1.45. The molecule has 0 aromatic heterocycles. The number of non-ortho nitro benzene ring substituents is 1. The number of anilines is 2. The normalized spacial score (nSPS) is 12.1. The van der Waals surface area contributed by atoms with Crippen LogP contribution in [0.1, 0.15) is 6.92 Å². The first-order chi connectivity index (χ1) is 8.04. The average molecular weight is 239 g/mol. The molecule has 0 aliphatic carbocycles. The van der Waals surface area contributed by atoms with E-state index >= 15 is 0 Å². The Morgan fingerprint density at radius 3 is 2.82 bits per heavy atom. The number of nitrogens with one attached hydrogen (secondary N) is 1. The van der Waals surface area contributed by atoms with Gasteiger partial charge in [0.25, 0.3) is 5.69 Å². The summed E-state index contributed by atoms with van der Waals surface area (Å²) in [6.07, 6.45) is 0. The van der Waals surface area contributed by atoms with E-state index in [1.807, 2.05) is 6.92 Å². The minimum atomic E-state index is -0.465. The number of nitro groups is 1. The summed E-state index contributed by atoms with van der Waals surface area (Å²) in [4.78, 5) is 10.1. The van der Waals surface area contributed by atoms with E-state index in [1.165, 1.54) is 12.1 Å². The molecule has 1 rings (SSSR count). The van der Waals surface area contributed by atoms with E-state index in [2.05, 4.69) is 5.32 Å². The number of nitro benzene ring substituents is 1. The molecule has 0 fully saturated rings. The first kappa shape index (κ1) is 13.2.